The van der Waals surface area contributed by atoms with Crippen LogP contribution in [-0.2, 0) is 185 Å². The zero-order chi connectivity index (χ0) is 10.1. The molecule has 4 nitrogen and oxygen atoms in total. The van der Waals surface area contributed by atoms with Crippen LogP contribution in [0.5, 0.6) is 0 Å². The minimum atomic E-state index is 0. The number of aromatic nitrogens is 1. The third kappa shape index (κ3) is 10.7. The summed E-state index contributed by atoms with van der Waals surface area (Å²) in [5, 5.41) is 7.96. The molecule has 2 heterocycles. The zero-order valence-electron chi connectivity index (χ0n) is 11.9. The van der Waals surface area contributed by atoms with Gasteiger partial charge in [-0.15, -0.1) is 16.8 Å². The fourth-order valence-corrected chi connectivity index (χ4v) is 1.71. The Labute approximate surface area is 249 Å². The van der Waals surface area contributed by atoms with Crippen molar-refractivity contribution in [2.24, 2.45) is 10.9 Å². The van der Waals surface area contributed by atoms with Crippen molar-refractivity contribution >= 4 is 11.5 Å². The third-order valence-electron chi connectivity index (χ3n) is 2.45. The molecule has 0 amide bonds. The number of hydrogen-bond acceptors (Lipinski definition) is 3. The van der Waals surface area contributed by atoms with Gasteiger partial charge in [0.15, 0.2) is 0 Å². The summed E-state index contributed by atoms with van der Waals surface area (Å²) in [6.07, 6.45) is 4.56. The molecule has 21 heavy (non-hydrogen) atoms. The fraction of sp³-hybridized carbons (Fsp3) is 0.400. The summed E-state index contributed by atoms with van der Waals surface area (Å²) in [7, 11) is 0. The summed E-state index contributed by atoms with van der Waals surface area (Å²) in [6, 6.07) is 0. The van der Waals surface area contributed by atoms with E-state index in [0.717, 1.165) is 23.4 Å². The number of amidine groups is 1. The first-order chi connectivity index (χ1) is 6.76. The van der Waals surface area contributed by atoms with Crippen LogP contribution in [0.15, 0.2) is 5.10 Å². The number of hydrogen-bond donors (Lipinski definition) is 1. The molecular formula is C10H12N4V4Y3-2. The first-order valence-electron chi connectivity index (χ1n) is 4.64. The Balaban J connectivity index is -0.0000000804. The van der Waals surface area contributed by atoms with E-state index >= 15 is 0 Å². The molecule has 1 aliphatic heterocycles. The molecular weight excluding hydrogens is 647 g/mol. The molecule has 0 saturated carbocycles. The summed E-state index contributed by atoms with van der Waals surface area (Å²) < 4.78 is 0. The van der Waals surface area contributed by atoms with Crippen LogP contribution in [0.2, 0.25) is 0 Å². The average Bonchev–Trinajstić information content (AvgIpc) is 2.60. The molecule has 0 unspecified atom stereocenters. The van der Waals surface area contributed by atoms with Crippen molar-refractivity contribution in [1.29, 1.82) is 0 Å². The maximum Gasteiger partial charge on any atom is 0 e. The van der Waals surface area contributed by atoms with E-state index in [-0.39, 0.29) is 172 Å². The molecule has 0 saturated heterocycles. The summed E-state index contributed by atoms with van der Waals surface area (Å²) in [5.41, 5.74) is 4.16. The van der Waals surface area contributed by atoms with Crippen LogP contribution in [0.3, 0.4) is 0 Å². The van der Waals surface area contributed by atoms with E-state index in [1.807, 2.05) is 6.92 Å². The maximum atomic E-state index is 5.20. The Hall–Kier alpha value is 4.07. The number of aryl methyl sites for hydroxylation is 1. The van der Waals surface area contributed by atoms with E-state index in [1.165, 1.54) is 5.56 Å². The van der Waals surface area contributed by atoms with Crippen LogP contribution < -0.4 is 5.84 Å². The Bertz CT molecular complexity index is 422. The van der Waals surface area contributed by atoms with Gasteiger partial charge in [0.25, 0.3) is 0 Å². The fourth-order valence-electron chi connectivity index (χ4n) is 1.71. The summed E-state index contributed by atoms with van der Waals surface area (Å²) >= 11 is 0. The monoisotopic (exact) mass is 659 g/mol. The second kappa shape index (κ2) is 20.4. The number of nitrogens with two attached hydrogens (primary N) is 1. The minimum absolute atomic E-state index is 0. The van der Waals surface area contributed by atoms with Crippen LogP contribution in [-0.4, -0.2) is 10.8 Å². The van der Waals surface area contributed by atoms with Gasteiger partial charge in [-0.05, 0) is 6.42 Å². The molecule has 0 spiro atoms. The van der Waals surface area contributed by atoms with Gasteiger partial charge < -0.3 is 21.2 Å². The van der Waals surface area contributed by atoms with E-state index in [9.17, 15) is 0 Å². The Morgan fingerprint density at radius 2 is 1.71 bits per heavy atom. The third-order valence-corrected chi connectivity index (χ3v) is 2.45. The minimum Gasteiger partial charge on any atom is -0.501 e. The van der Waals surface area contributed by atoms with E-state index < -0.39 is 0 Å². The Kier molecular flexibility index (Phi) is 38.8. The maximum absolute atomic E-state index is 5.20. The van der Waals surface area contributed by atoms with Gasteiger partial charge in [-0.1, -0.05) is 38.0 Å². The SMILES string of the molecule is CCc1c(C)n[c-]c2c1[N-]/C(=N\N)C2.[V].[V].[V].[V].[Y].[Y].[Y]. The van der Waals surface area contributed by atoms with Crippen LogP contribution >= 0.6 is 0 Å². The quantitative estimate of drug-likeness (QED) is 0.283. The second-order valence-corrected chi connectivity index (χ2v) is 3.30. The molecule has 1 aromatic heterocycles. The largest absolute Gasteiger partial charge is 0.501 e. The normalized spacial score (nSPS) is 11.2. The van der Waals surface area contributed by atoms with Gasteiger partial charge in [0.05, 0.1) is 0 Å². The van der Waals surface area contributed by atoms with Crippen molar-refractivity contribution < 1.29 is 172 Å². The van der Waals surface area contributed by atoms with Crippen LogP contribution in [0, 0.1) is 13.1 Å². The van der Waals surface area contributed by atoms with Crippen molar-refractivity contribution in [3.05, 3.63) is 28.3 Å². The van der Waals surface area contributed by atoms with Gasteiger partial charge in [0.2, 0.25) is 0 Å². The van der Waals surface area contributed by atoms with E-state index in [2.05, 4.69) is 28.5 Å². The van der Waals surface area contributed by atoms with Crippen molar-refractivity contribution in [2.45, 2.75) is 26.7 Å². The van der Waals surface area contributed by atoms with Crippen molar-refractivity contribution in [3.8, 4) is 0 Å². The molecule has 103 valence electrons. The molecule has 7 radical (unpaired) electrons. The van der Waals surface area contributed by atoms with Crippen LogP contribution in [0.1, 0.15) is 23.7 Å². The van der Waals surface area contributed by atoms with Crippen molar-refractivity contribution in [2.75, 3.05) is 0 Å². The number of fused-ring (bicyclic) bond motifs is 1. The summed E-state index contributed by atoms with van der Waals surface area (Å²) in [4.78, 5) is 4.21. The zero-order valence-corrected chi connectivity index (χ0v) is 26.0. The molecule has 1 aliphatic rings. The van der Waals surface area contributed by atoms with Gasteiger partial charge >= 0.3 is 0 Å². The number of hydrazone groups is 1. The summed E-state index contributed by atoms with van der Waals surface area (Å²) in [6.45, 7) is 4.07. The van der Waals surface area contributed by atoms with E-state index in [0.29, 0.717) is 12.3 Å². The predicted octanol–water partition coefficient (Wildman–Crippen LogP) is 1.57. The standard InChI is InChI=1S/C10H12N4.4V.3Y/c1-3-8-6(2)12-5-7-4-9(14-11)13-10(7)8;;;;;;;/h3-4,11H2,1-2H3;;;;;;;/q-2;;;;;;;. The molecule has 0 fully saturated rings. The Morgan fingerprint density at radius 3 is 2.14 bits per heavy atom. The molecule has 0 aliphatic carbocycles. The van der Waals surface area contributed by atoms with Crippen LogP contribution in [0.25, 0.3) is 5.32 Å². The number of nitrogens with zero attached hydrogens (tertiary/aromatic N) is 3. The summed E-state index contributed by atoms with van der Waals surface area (Å²) in [5.74, 6) is 5.87. The van der Waals surface area contributed by atoms with Gasteiger partial charge in [0, 0.05) is 172 Å². The smallest absolute Gasteiger partial charge is 0 e. The predicted molar refractivity (Wildman–Crippen MR) is 55.5 cm³/mol. The van der Waals surface area contributed by atoms with Gasteiger partial charge in [-0.25, -0.2) is 0 Å². The van der Waals surface area contributed by atoms with E-state index in [1.54, 1.807) is 0 Å². The van der Waals surface area contributed by atoms with Crippen LogP contribution in [0.4, 0.5) is 5.69 Å². The topological polar surface area (TPSA) is 65.4 Å². The van der Waals surface area contributed by atoms with Gasteiger partial charge in [0.1, 0.15) is 0 Å². The average molecular weight is 659 g/mol. The molecule has 0 bridgehead atoms. The van der Waals surface area contributed by atoms with E-state index in [4.69, 9.17) is 5.84 Å². The first-order valence-corrected chi connectivity index (χ1v) is 4.64. The molecule has 2 N–H and O–H groups in total. The Morgan fingerprint density at radius 1 is 1.19 bits per heavy atom. The van der Waals surface area contributed by atoms with Gasteiger partial charge in [-0.3, -0.25) is 0 Å². The molecule has 1 aromatic rings. The first kappa shape index (κ1) is 39.9. The van der Waals surface area contributed by atoms with Crippen molar-refractivity contribution in [1.82, 2.24) is 4.98 Å². The molecule has 0 aromatic carbocycles. The molecule has 2 rings (SSSR count). The second-order valence-electron chi connectivity index (χ2n) is 3.30. The molecule has 11 heteroatoms. The number of pyridine rings is 1. The van der Waals surface area contributed by atoms with Gasteiger partial charge in [-0.2, -0.15) is 0 Å². The number of rotatable bonds is 1. The molecule has 0 atom stereocenters. The van der Waals surface area contributed by atoms with Crippen molar-refractivity contribution in [3.63, 3.8) is 0 Å².